The van der Waals surface area contributed by atoms with Gasteiger partial charge in [0.1, 0.15) is 0 Å². The highest BCUT2D eigenvalue weighted by Gasteiger charge is 2.21. The van der Waals surface area contributed by atoms with Gasteiger partial charge in [0.15, 0.2) is 0 Å². The molecule has 0 aliphatic carbocycles. The Morgan fingerprint density at radius 3 is 2.13 bits per heavy atom. The topological polar surface area (TPSA) is 12.0 Å². The van der Waals surface area contributed by atoms with Crippen molar-refractivity contribution in [2.75, 3.05) is 13.1 Å². The summed E-state index contributed by atoms with van der Waals surface area (Å²) in [4.78, 5) is 0. The van der Waals surface area contributed by atoms with Gasteiger partial charge in [-0.15, -0.1) is 0 Å². The van der Waals surface area contributed by atoms with Gasteiger partial charge in [0.05, 0.1) is 0 Å². The van der Waals surface area contributed by atoms with E-state index in [1.165, 1.54) is 35.2 Å². The van der Waals surface area contributed by atoms with Crippen molar-refractivity contribution in [1.29, 1.82) is 0 Å². The minimum absolute atomic E-state index is 0.739. The van der Waals surface area contributed by atoms with Crippen molar-refractivity contribution in [3.63, 3.8) is 0 Å². The van der Waals surface area contributed by atoms with Gasteiger partial charge in [-0.3, -0.25) is 0 Å². The Labute approximate surface area is 92.9 Å². The molecule has 1 fully saturated rings. The van der Waals surface area contributed by atoms with E-state index in [1.807, 2.05) is 0 Å². The second-order valence-corrected chi connectivity index (χ2v) is 4.86. The molecule has 1 N–H and O–H groups in total. The fourth-order valence-corrected chi connectivity index (χ4v) is 2.76. The normalized spacial score (nSPS) is 20.9. The molecule has 1 saturated heterocycles. The van der Waals surface area contributed by atoms with E-state index in [2.05, 4.69) is 39.1 Å². The van der Waals surface area contributed by atoms with Crippen LogP contribution in [0.5, 0.6) is 0 Å². The minimum Gasteiger partial charge on any atom is -0.316 e. The van der Waals surface area contributed by atoms with Gasteiger partial charge in [0.25, 0.3) is 0 Å². The molecule has 0 bridgehead atoms. The molecule has 1 aromatic rings. The van der Waals surface area contributed by atoms with Crippen LogP contribution in [0, 0.1) is 27.7 Å². The van der Waals surface area contributed by atoms with Gasteiger partial charge in [-0.05, 0) is 74.4 Å². The number of hydrogen-bond donors (Lipinski definition) is 1. The maximum Gasteiger partial charge on any atom is 0.00208 e. The van der Waals surface area contributed by atoms with Gasteiger partial charge in [0.2, 0.25) is 0 Å². The van der Waals surface area contributed by atoms with Gasteiger partial charge in [0, 0.05) is 6.54 Å². The predicted molar refractivity (Wildman–Crippen MR) is 65.6 cm³/mol. The van der Waals surface area contributed by atoms with Crippen LogP contribution in [0.15, 0.2) is 6.07 Å². The SMILES string of the molecule is Cc1cc(C)c(C)c(C2CCNC2)c1C. The smallest absolute Gasteiger partial charge is 0.00208 e. The Balaban J connectivity index is 2.52. The number of aryl methyl sites for hydroxylation is 2. The van der Waals surface area contributed by atoms with Crippen LogP contribution in [-0.2, 0) is 0 Å². The first-order valence-electron chi connectivity index (χ1n) is 5.89. The van der Waals surface area contributed by atoms with Gasteiger partial charge in [-0.2, -0.15) is 0 Å². The molecular weight excluding hydrogens is 182 g/mol. The summed E-state index contributed by atoms with van der Waals surface area (Å²) in [6.45, 7) is 11.3. The molecule has 0 aromatic heterocycles. The Bertz CT molecular complexity index is 347. The number of rotatable bonds is 1. The Hall–Kier alpha value is -0.820. The third-order valence-electron chi connectivity index (χ3n) is 3.89. The van der Waals surface area contributed by atoms with E-state index in [1.54, 1.807) is 5.56 Å². The second-order valence-electron chi connectivity index (χ2n) is 4.86. The van der Waals surface area contributed by atoms with Crippen LogP contribution in [0.1, 0.15) is 40.2 Å². The Morgan fingerprint density at radius 1 is 1.07 bits per heavy atom. The molecule has 1 atom stereocenters. The summed E-state index contributed by atoms with van der Waals surface area (Å²) in [7, 11) is 0. The lowest BCUT2D eigenvalue weighted by Gasteiger charge is -2.19. The average Bonchev–Trinajstić information content (AvgIpc) is 2.69. The van der Waals surface area contributed by atoms with Crippen molar-refractivity contribution in [2.45, 2.75) is 40.0 Å². The molecule has 2 rings (SSSR count). The summed E-state index contributed by atoms with van der Waals surface area (Å²) in [6.07, 6.45) is 1.30. The highest BCUT2D eigenvalue weighted by Crippen LogP contribution is 2.31. The molecule has 1 unspecified atom stereocenters. The molecule has 1 nitrogen and oxygen atoms in total. The maximum absolute atomic E-state index is 3.46. The first-order valence-corrected chi connectivity index (χ1v) is 5.89. The first-order chi connectivity index (χ1) is 7.11. The fraction of sp³-hybridized carbons (Fsp3) is 0.571. The van der Waals surface area contributed by atoms with Crippen LogP contribution in [0.4, 0.5) is 0 Å². The molecular formula is C14H21N. The molecule has 0 radical (unpaired) electrons. The van der Waals surface area contributed by atoms with Crippen molar-refractivity contribution in [2.24, 2.45) is 0 Å². The third kappa shape index (κ3) is 1.81. The van der Waals surface area contributed by atoms with E-state index in [9.17, 15) is 0 Å². The summed E-state index contributed by atoms with van der Waals surface area (Å²) in [5, 5.41) is 3.46. The lowest BCUT2D eigenvalue weighted by Crippen LogP contribution is -2.11. The molecule has 0 spiro atoms. The van der Waals surface area contributed by atoms with Crippen LogP contribution in [-0.4, -0.2) is 13.1 Å². The van der Waals surface area contributed by atoms with Crippen molar-refractivity contribution in [3.8, 4) is 0 Å². The van der Waals surface area contributed by atoms with E-state index in [0.29, 0.717) is 0 Å². The zero-order chi connectivity index (χ0) is 11.0. The summed E-state index contributed by atoms with van der Waals surface area (Å²) in [5.74, 6) is 0.739. The van der Waals surface area contributed by atoms with E-state index in [0.717, 1.165) is 12.5 Å². The highest BCUT2D eigenvalue weighted by molar-refractivity contribution is 5.46. The van der Waals surface area contributed by atoms with E-state index in [-0.39, 0.29) is 0 Å². The van der Waals surface area contributed by atoms with Crippen LogP contribution < -0.4 is 5.32 Å². The Kier molecular flexibility index (Phi) is 2.83. The third-order valence-corrected chi connectivity index (χ3v) is 3.89. The summed E-state index contributed by atoms with van der Waals surface area (Å²) >= 11 is 0. The molecule has 1 heterocycles. The number of hydrogen-bond acceptors (Lipinski definition) is 1. The number of benzene rings is 1. The molecule has 0 saturated carbocycles. The quantitative estimate of drug-likeness (QED) is 0.740. The Morgan fingerprint density at radius 2 is 1.67 bits per heavy atom. The largest absolute Gasteiger partial charge is 0.316 e. The van der Waals surface area contributed by atoms with E-state index in [4.69, 9.17) is 0 Å². The molecule has 1 aliphatic heterocycles. The van der Waals surface area contributed by atoms with Crippen LogP contribution in [0.3, 0.4) is 0 Å². The molecule has 15 heavy (non-hydrogen) atoms. The molecule has 1 aliphatic rings. The minimum atomic E-state index is 0.739. The van der Waals surface area contributed by atoms with E-state index >= 15 is 0 Å². The maximum atomic E-state index is 3.46. The van der Waals surface area contributed by atoms with Gasteiger partial charge in [-0.25, -0.2) is 0 Å². The van der Waals surface area contributed by atoms with Crippen LogP contribution in [0.2, 0.25) is 0 Å². The van der Waals surface area contributed by atoms with Gasteiger partial charge in [-0.1, -0.05) is 6.07 Å². The summed E-state index contributed by atoms with van der Waals surface area (Å²) in [6, 6.07) is 2.32. The van der Waals surface area contributed by atoms with Crippen molar-refractivity contribution in [3.05, 3.63) is 33.9 Å². The van der Waals surface area contributed by atoms with Gasteiger partial charge >= 0.3 is 0 Å². The molecule has 0 amide bonds. The van der Waals surface area contributed by atoms with Crippen molar-refractivity contribution < 1.29 is 0 Å². The summed E-state index contributed by atoms with van der Waals surface area (Å²) in [5.41, 5.74) is 7.51. The van der Waals surface area contributed by atoms with Crippen molar-refractivity contribution >= 4 is 0 Å². The van der Waals surface area contributed by atoms with E-state index < -0.39 is 0 Å². The first kappa shape index (κ1) is 10.7. The van der Waals surface area contributed by atoms with Gasteiger partial charge < -0.3 is 5.32 Å². The van der Waals surface area contributed by atoms with Crippen molar-refractivity contribution in [1.82, 2.24) is 5.32 Å². The fourth-order valence-electron chi connectivity index (χ4n) is 2.76. The lowest BCUT2D eigenvalue weighted by atomic mass is 9.86. The second kappa shape index (κ2) is 3.97. The van der Waals surface area contributed by atoms with Crippen LogP contribution in [0.25, 0.3) is 0 Å². The average molecular weight is 203 g/mol. The zero-order valence-electron chi connectivity index (χ0n) is 10.3. The van der Waals surface area contributed by atoms with Crippen LogP contribution >= 0.6 is 0 Å². The zero-order valence-corrected chi connectivity index (χ0v) is 10.3. The number of nitrogens with one attached hydrogen (secondary N) is 1. The standard InChI is InChI=1S/C14H21N/c1-9-7-10(2)12(4)14(11(9)3)13-5-6-15-8-13/h7,13,15H,5-6,8H2,1-4H3. The monoisotopic (exact) mass is 203 g/mol. The lowest BCUT2D eigenvalue weighted by molar-refractivity contribution is 0.748. The molecule has 1 heteroatoms. The molecule has 1 aromatic carbocycles. The highest BCUT2D eigenvalue weighted by atomic mass is 14.9. The summed E-state index contributed by atoms with van der Waals surface area (Å²) < 4.78 is 0. The molecule has 82 valence electrons. The predicted octanol–water partition coefficient (Wildman–Crippen LogP) is 3.00.